The lowest BCUT2D eigenvalue weighted by molar-refractivity contribution is 0.100. The number of anilines is 2. The first-order valence-electron chi connectivity index (χ1n) is 7.30. The predicted octanol–water partition coefficient (Wildman–Crippen LogP) is 3.81. The van der Waals surface area contributed by atoms with Crippen LogP contribution in [0.15, 0.2) is 53.6 Å². The highest BCUT2D eigenvalue weighted by molar-refractivity contribution is 7.98. The Kier molecular flexibility index (Phi) is 4.57. The summed E-state index contributed by atoms with van der Waals surface area (Å²) in [6.07, 6.45) is 3.50. The van der Waals surface area contributed by atoms with Gasteiger partial charge in [0.2, 0.25) is 0 Å². The van der Waals surface area contributed by atoms with Crippen LogP contribution in [0.3, 0.4) is 0 Å². The first kappa shape index (κ1) is 16.1. The topological polar surface area (TPSA) is 77.2 Å². The standard InChI is InChI=1S/C18H17N3O2S/c1-23-11-7-8-14-12(9-11)17(13(10-20-14)18(19)22)21-15-5-3-4-6-16(15)24-2/h3-10H,1-2H3,(H2,19,22)(H,20,21). The molecule has 24 heavy (non-hydrogen) atoms. The minimum absolute atomic E-state index is 0.339. The molecule has 3 N–H and O–H groups in total. The number of pyridine rings is 1. The number of benzene rings is 2. The summed E-state index contributed by atoms with van der Waals surface area (Å²) in [5.41, 5.74) is 8.18. The van der Waals surface area contributed by atoms with Gasteiger partial charge in [0.15, 0.2) is 0 Å². The Labute approximate surface area is 144 Å². The minimum atomic E-state index is -0.531. The molecule has 0 bridgehead atoms. The Bertz CT molecular complexity index is 912. The number of rotatable bonds is 5. The van der Waals surface area contributed by atoms with Crippen molar-refractivity contribution in [1.29, 1.82) is 0 Å². The fourth-order valence-corrected chi connectivity index (χ4v) is 3.06. The molecule has 5 nitrogen and oxygen atoms in total. The highest BCUT2D eigenvalue weighted by atomic mass is 32.2. The summed E-state index contributed by atoms with van der Waals surface area (Å²) in [6.45, 7) is 0. The average Bonchev–Trinajstić information content (AvgIpc) is 2.61. The monoisotopic (exact) mass is 339 g/mol. The Balaban J connectivity index is 2.22. The number of primary amides is 1. The molecule has 0 radical (unpaired) electrons. The number of carbonyl (C=O) groups is 1. The van der Waals surface area contributed by atoms with Crippen molar-refractivity contribution in [2.75, 3.05) is 18.7 Å². The Hall–Kier alpha value is -2.73. The second-order valence-electron chi connectivity index (χ2n) is 5.12. The van der Waals surface area contributed by atoms with E-state index < -0.39 is 5.91 Å². The van der Waals surface area contributed by atoms with Crippen LogP contribution >= 0.6 is 11.8 Å². The van der Waals surface area contributed by atoms with Crippen LogP contribution in [0, 0.1) is 0 Å². The highest BCUT2D eigenvalue weighted by Crippen LogP contribution is 2.34. The van der Waals surface area contributed by atoms with Crippen molar-refractivity contribution >= 4 is 39.9 Å². The summed E-state index contributed by atoms with van der Waals surface area (Å²) in [6, 6.07) is 13.4. The average molecular weight is 339 g/mol. The van der Waals surface area contributed by atoms with E-state index in [0.29, 0.717) is 17.0 Å². The number of aromatic nitrogens is 1. The number of nitrogens with two attached hydrogens (primary N) is 1. The number of hydrogen-bond donors (Lipinski definition) is 2. The molecular formula is C18H17N3O2S. The van der Waals surface area contributed by atoms with Crippen molar-refractivity contribution in [2.45, 2.75) is 4.90 Å². The maximum Gasteiger partial charge on any atom is 0.252 e. The molecule has 1 aromatic heterocycles. The van der Waals surface area contributed by atoms with Gasteiger partial charge < -0.3 is 15.8 Å². The number of nitrogens with zero attached hydrogens (tertiary/aromatic N) is 1. The summed E-state index contributed by atoms with van der Waals surface area (Å²) < 4.78 is 5.30. The summed E-state index contributed by atoms with van der Waals surface area (Å²) in [7, 11) is 1.60. The molecule has 6 heteroatoms. The summed E-state index contributed by atoms with van der Waals surface area (Å²) >= 11 is 1.62. The largest absolute Gasteiger partial charge is 0.497 e. The molecule has 0 aliphatic rings. The maximum atomic E-state index is 11.9. The summed E-state index contributed by atoms with van der Waals surface area (Å²) in [4.78, 5) is 17.3. The van der Waals surface area contributed by atoms with Gasteiger partial charge in [0.1, 0.15) is 5.75 Å². The Morgan fingerprint density at radius 3 is 2.75 bits per heavy atom. The zero-order valence-electron chi connectivity index (χ0n) is 13.4. The van der Waals surface area contributed by atoms with Gasteiger partial charge in [0, 0.05) is 16.5 Å². The van der Waals surface area contributed by atoms with Gasteiger partial charge in [-0.25, -0.2) is 0 Å². The molecular weight excluding hydrogens is 322 g/mol. The number of para-hydroxylation sites is 1. The normalized spacial score (nSPS) is 10.6. The maximum absolute atomic E-state index is 11.9. The van der Waals surface area contributed by atoms with E-state index in [0.717, 1.165) is 21.5 Å². The van der Waals surface area contributed by atoms with Crippen LogP contribution in [-0.4, -0.2) is 24.3 Å². The SMILES string of the molecule is COc1ccc2ncc(C(N)=O)c(Nc3ccccc3SC)c2c1. The van der Waals surface area contributed by atoms with Crippen LogP contribution in [0.1, 0.15) is 10.4 Å². The summed E-state index contributed by atoms with van der Waals surface area (Å²) in [5.74, 6) is 0.156. The van der Waals surface area contributed by atoms with Gasteiger partial charge in [-0.05, 0) is 36.6 Å². The molecule has 0 spiro atoms. The van der Waals surface area contributed by atoms with Crippen molar-refractivity contribution in [3.8, 4) is 5.75 Å². The van der Waals surface area contributed by atoms with E-state index in [2.05, 4.69) is 10.3 Å². The van der Waals surface area contributed by atoms with E-state index in [1.165, 1.54) is 6.20 Å². The Morgan fingerprint density at radius 1 is 1.25 bits per heavy atom. The minimum Gasteiger partial charge on any atom is -0.497 e. The second kappa shape index (κ2) is 6.80. The molecule has 3 aromatic rings. The molecule has 0 aliphatic heterocycles. The molecule has 122 valence electrons. The van der Waals surface area contributed by atoms with Crippen molar-refractivity contribution in [3.63, 3.8) is 0 Å². The first-order valence-corrected chi connectivity index (χ1v) is 8.53. The second-order valence-corrected chi connectivity index (χ2v) is 5.97. The molecule has 1 heterocycles. The van der Waals surface area contributed by atoms with Crippen LogP contribution in [0.2, 0.25) is 0 Å². The molecule has 0 saturated carbocycles. The zero-order chi connectivity index (χ0) is 17.1. The fraction of sp³-hybridized carbons (Fsp3) is 0.111. The van der Waals surface area contributed by atoms with Crippen LogP contribution < -0.4 is 15.8 Å². The van der Waals surface area contributed by atoms with Crippen molar-refractivity contribution in [3.05, 3.63) is 54.2 Å². The van der Waals surface area contributed by atoms with Crippen molar-refractivity contribution < 1.29 is 9.53 Å². The van der Waals surface area contributed by atoms with Crippen LogP contribution in [0.4, 0.5) is 11.4 Å². The number of ether oxygens (including phenoxy) is 1. The lowest BCUT2D eigenvalue weighted by Crippen LogP contribution is -2.14. The number of thioether (sulfide) groups is 1. The fourth-order valence-electron chi connectivity index (χ4n) is 2.50. The van der Waals surface area contributed by atoms with E-state index in [1.807, 2.05) is 48.7 Å². The van der Waals surface area contributed by atoms with E-state index in [4.69, 9.17) is 10.5 Å². The molecule has 0 aliphatic carbocycles. The smallest absolute Gasteiger partial charge is 0.252 e. The van der Waals surface area contributed by atoms with Gasteiger partial charge in [-0.1, -0.05) is 12.1 Å². The number of fused-ring (bicyclic) bond motifs is 1. The molecule has 1 amide bonds. The van der Waals surface area contributed by atoms with Crippen LogP contribution in [0.5, 0.6) is 5.75 Å². The van der Waals surface area contributed by atoms with Crippen molar-refractivity contribution in [1.82, 2.24) is 4.98 Å². The van der Waals surface area contributed by atoms with E-state index in [9.17, 15) is 4.79 Å². The lowest BCUT2D eigenvalue weighted by atomic mass is 10.1. The predicted molar refractivity (Wildman–Crippen MR) is 98.3 cm³/mol. The van der Waals surface area contributed by atoms with Gasteiger partial charge in [0.25, 0.3) is 5.91 Å². The third-order valence-electron chi connectivity index (χ3n) is 3.71. The van der Waals surface area contributed by atoms with Gasteiger partial charge in [-0.15, -0.1) is 11.8 Å². The highest BCUT2D eigenvalue weighted by Gasteiger charge is 2.15. The zero-order valence-corrected chi connectivity index (χ0v) is 14.2. The van der Waals surface area contributed by atoms with Crippen molar-refractivity contribution in [2.24, 2.45) is 5.73 Å². The van der Waals surface area contributed by atoms with E-state index >= 15 is 0 Å². The van der Waals surface area contributed by atoms with Gasteiger partial charge >= 0.3 is 0 Å². The quantitative estimate of drug-likeness (QED) is 0.691. The van der Waals surface area contributed by atoms with Gasteiger partial charge in [-0.2, -0.15) is 0 Å². The Morgan fingerprint density at radius 2 is 2.04 bits per heavy atom. The molecule has 0 unspecified atom stereocenters. The molecule has 0 saturated heterocycles. The molecule has 0 atom stereocenters. The molecule has 0 fully saturated rings. The number of nitrogens with one attached hydrogen (secondary N) is 1. The van der Waals surface area contributed by atoms with E-state index in [-0.39, 0.29) is 0 Å². The summed E-state index contributed by atoms with van der Waals surface area (Å²) in [5, 5.41) is 4.13. The number of carbonyl (C=O) groups excluding carboxylic acids is 1. The van der Waals surface area contributed by atoms with Crippen LogP contribution in [0.25, 0.3) is 10.9 Å². The van der Waals surface area contributed by atoms with Gasteiger partial charge in [0.05, 0.1) is 29.6 Å². The first-order chi connectivity index (χ1) is 11.6. The molecule has 2 aromatic carbocycles. The van der Waals surface area contributed by atoms with Gasteiger partial charge in [-0.3, -0.25) is 9.78 Å². The van der Waals surface area contributed by atoms with E-state index in [1.54, 1.807) is 18.9 Å². The molecule has 3 rings (SSSR count). The third kappa shape index (κ3) is 3.00. The third-order valence-corrected chi connectivity index (χ3v) is 4.50. The van der Waals surface area contributed by atoms with Crippen LogP contribution in [-0.2, 0) is 0 Å². The lowest BCUT2D eigenvalue weighted by Gasteiger charge is -2.15. The number of amides is 1. The number of hydrogen-bond acceptors (Lipinski definition) is 5. The number of methoxy groups -OCH3 is 1.